The van der Waals surface area contributed by atoms with Gasteiger partial charge in [0.2, 0.25) is 0 Å². The minimum Gasteiger partial charge on any atom is -0.484 e. The number of carbonyl (C=O) groups excluding carboxylic acids is 2. The molecule has 0 saturated heterocycles. The van der Waals surface area contributed by atoms with E-state index in [1.54, 1.807) is 24.3 Å². The molecule has 5 nitrogen and oxygen atoms in total. The molecule has 0 heterocycles. The van der Waals surface area contributed by atoms with Gasteiger partial charge in [0.15, 0.2) is 6.61 Å². The summed E-state index contributed by atoms with van der Waals surface area (Å²) in [4.78, 5) is 24.1. The van der Waals surface area contributed by atoms with Gasteiger partial charge in [-0.15, -0.1) is 0 Å². The van der Waals surface area contributed by atoms with Gasteiger partial charge in [-0.2, -0.15) is 0 Å². The van der Waals surface area contributed by atoms with Gasteiger partial charge in [-0.1, -0.05) is 52.2 Å². The summed E-state index contributed by atoms with van der Waals surface area (Å²) in [6.07, 6.45) is 4.25. The van der Waals surface area contributed by atoms with Crippen molar-refractivity contribution in [2.24, 2.45) is 0 Å². The number of anilines is 1. The van der Waals surface area contributed by atoms with Gasteiger partial charge in [0, 0.05) is 5.69 Å². The third-order valence-electron chi connectivity index (χ3n) is 4.55. The monoisotopic (exact) mass is 397 g/mol. The van der Waals surface area contributed by atoms with E-state index in [0.29, 0.717) is 29.5 Å². The fourth-order valence-corrected chi connectivity index (χ4v) is 2.76. The highest BCUT2D eigenvalue weighted by molar-refractivity contribution is 5.93. The van der Waals surface area contributed by atoms with Gasteiger partial charge >= 0.3 is 5.97 Å². The maximum Gasteiger partial charge on any atom is 0.338 e. The van der Waals surface area contributed by atoms with Crippen molar-refractivity contribution in [3.8, 4) is 5.75 Å². The largest absolute Gasteiger partial charge is 0.484 e. The molecule has 0 fully saturated rings. The molecule has 0 unspecified atom stereocenters. The fraction of sp³-hybridized carbons (Fsp3) is 0.417. The van der Waals surface area contributed by atoms with Gasteiger partial charge in [-0.3, -0.25) is 4.79 Å². The van der Waals surface area contributed by atoms with E-state index in [9.17, 15) is 9.59 Å². The average Bonchev–Trinajstić information content (AvgIpc) is 2.73. The van der Waals surface area contributed by atoms with Crippen LogP contribution in [0.3, 0.4) is 0 Å². The second kappa shape index (κ2) is 11.9. The van der Waals surface area contributed by atoms with Crippen LogP contribution in [0.15, 0.2) is 48.5 Å². The van der Waals surface area contributed by atoms with Crippen LogP contribution in [0.1, 0.15) is 68.3 Å². The van der Waals surface area contributed by atoms with Crippen LogP contribution < -0.4 is 10.1 Å². The Kier molecular flexibility index (Phi) is 9.22. The molecule has 0 aliphatic rings. The highest BCUT2D eigenvalue weighted by atomic mass is 16.5. The molecule has 1 N–H and O–H groups in total. The van der Waals surface area contributed by atoms with E-state index in [2.05, 4.69) is 26.1 Å². The standard InChI is InChI=1S/C24H31NO4/c1-4-5-6-7-16-28-24(27)20-8-12-21(13-9-20)25-23(26)17-29-22-14-10-19(11-15-22)18(2)3/h8-15,18H,4-7,16-17H2,1-3H3,(H,25,26). The van der Waals surface area contributed by atoms with Crippen LogP contribution in [0.4, 0.5) is 5.69 Å². The zero-order valence-electron chi connectivity index (χ0n) is 17.6. The number of nitrogens with one attached hydrogen (secondary N) is 1. The molecule has 2 aromatic rings. The van der Waals surface area contributed by atoms with Crippen LogP contribution >= 0.6 is 0 Å². The number of rotatable bonds is 11. The molecule has 5 heteroatoms. The van der Waals surface area contributed by atoms with Crippen molar-refractivity contribution in [3.63, 3.8) is 0 Å². The topological polar surface area (TPSA) is 64.6 Å². The molecular formula is C24H31NO4. The Labute approximate surface area is 173 Å². The summed E-state index contributed by atoms with van der Waals surface area (Å²) in [5.74, 6) is 0.506. The molecule has 2 rings (SSSR count). The van der Waals surface area contributed by atoms with Crippen molar-refractivity contribution in [2.45, 2.75) is 52.4 Å². The lowest BCUT2D eigenvalue weighted by Gasteiger charge is -2.10. The minimum atomic E-state index is -0.340. The first-order valence-corrected chi connectivity index (χ1v) is 10.3. The van der Waals surface area contributed by atoms with Crippen molar-refractivity contribution >= 4 is 17.6 Å². The molecule has 156 valence electrons. The van der Waals surface area contributed by atoms with Crippen LogP contribution in [0.25, 0.3) is 0 Å². The normalized spacial score (nSPS) is 10.6. The van der Waals surface area contributed by atoms with Gasteiger partial charge in [0.25, 0.3) is 5.91 Å². The molecule has 0 aliphatic heterocycles. The van der Waals surface area contributed by atoms with E-state index >= 15 is 0 Å². The predicted octanol–water partition coefficient (Wildman–Crippen LogP) is 5.56. The summed E-state index contributed by atoms with van der Waals surface area (Å²) in [6.45, 7) is 6.75. The summed E-state index contributed by atoms with van der Waals surface area (Å²) in [5.41, 5.74) is 2.30. The van der Waals surface area contributed by atoms with Crippen LogP contribution in [-0.2, 0) is 9.53 Å². The maximum atomic E-state index is 12.1. The highest BCUT2D eigenvalue weighted by Crippen LogP contribution is 2.18. The van der Waals surface area contributed by atoms with E-state index in [1.807, 2.05) is 24.3 Å². The van der Waals surface area contributed by atoms with Crippen molar-refractivity contribution in [3.05, 3.63) is 59.7 Å². The first-order chi connectivity index (χ1) is 14.0. The van der Waals surface area contributed by atoms with Gasteiger partial charge in [-0.05, 0) is 54.3 Å². The third-order valence-corrected chi connectivity index (χ3v) is 4.55. The number of benzene rings is 2. The van der Waals surface area contributed by atoms with Crippen molar-refractivity contribution < 1.29 is 19.1 Å². The fourth-order valence-electron chi connectivity index (χ4n) is 2.76. The maximum absolute atomic E-state index is 12.1. The van der Waals surface area contributed by atoms with Gasteiger partial charge in [0.1, 0.15) is 5.75 Å². The number of carbonyl (C=O) groups is 2. The van der Waals surface area contributed by atoms with E-state index in [-0.39, 0.29) is 18.5 Å². The van der Waals surface area contributed by atoms with Crippen LogP contribution in [0.2, 0.25) is 0 Å². The van der Waals surface area contributed by atoms with Crippen molar-refractivity contribution in [1.29, 1.82) is 0 Å². The summed E-state index contributed by atoms with van der Waals surface area (Å²) >= 11 is 0. The summed E-state index contributed by atoms with van der Waals surface area (Å²) in [6, 6.07) is 14.4. The van der Waals surface area contributed by atoms with Crippen molar-refractivity contribution in [1.82, 2.24) is 0 Å². The first kappa shape index (κ1) is 22.5. The van der Waals surface area contributed by atoms with E-state index in [0.717, 1.165) is 25.7 Å². The predicted molar refractivity (Wildman–Crippen MR) is 116 cm³/mol. The SMILES string of the molecule is CCCCCCOC(=O)c1ccc(NC(=O)COc2ccc(C(C)C)cc2)cc1. The van der Waals surface area contributed by atoms with Gasteiger partial charge in [-0.25, -0.2) is 4.79 Å². The average molecular weight is 398 g/mol. The number of hydrogen-bond acceptors (Lipinski definition) is 4. The number of amides is 1. The molecule has 0 spiro atoms. The summed E-state index contributed by atoms with van der Waals surface area (Å²) in [5, 5.41) is 2.76. The molecule has 0 radical (unpaired) electrons. The van der Waals surface area contributed by atoms with E-state index < -0.39 is 0 Å². The zero-order chi connectivity index (χ0) is 21.1. The Hall–Kier alpha value is -2.82. The molecule has 0 aromatic heterocycles. The van der Waals surface area contributed by atoms with Crippen LogP contribution in [0, 0.1) is 0 Å². The number of ether oxygens (including phenoxy) is 2. The number of hydrogen-bond donors (Lipinski definition) is 1. The summed E-state index contributed by atoms with van der Waals surface area (Å²) in [7, 11) is 0. The lowest BCUT2D eigenvalue weighted by molar-refractivity contribution is -0.118. The molecule has 0 bridgehead atoms. The first-order valence-electron chi connectivity index (χ1n) is 10.3. The zero-order valence-corrected chi connectivity index (χ0v) is 17.6. The quantitative estimate of drug-likeness (QED) is 0.398. The smallest absolute Gasteiger partial charge is 0.338 e. The van der Waals surface area contributed by atoms with Crippen LogP contribution in [0.5, 0.6) is 5.75 Å². The molecule has 0 aliphatic carbocycles. The van der Waals surface area contributed by atoms with Crippen molar-refractivity contribution in [2.75, 3.05) is 18.5 Å². The molecule has 1 amide bonds. The molecule has 29 heavy (non-hydrogen) atoms. The molecular weight excluding hydrogens is 366 g/mol. The Morgan fingerprint density at radius 3 is 2.24 bits per heavy atom. The van der Waals surface area contributed by atoms with E-state index in [1.165, 1.54) is 5.56 Å². The third kappa shape index (κ3) is 7.98. The Morgan fingerprint density at radius 1 is 0.931 bits per heavy atom. The number of unbranched alkanes of at least 4 members (excludes halogenated alkanes) is 3. The summed E-state index contributed by atoms with van der Waals surface area (Å²) < 4.78 is 10.8. The Bertz CT molecular complexity index is 766. The molecule has 0 atom stereocenters. The second-order valence-electron chi connectivity index (χ2n) is 7.33. The lowest BCUT2D eigenvalue weighted by Crippen LogP contribution is -2.20. The molecule has 2 aromatic carbocycles. The highest BCUT2D eigenvalue weighted by Gasteiger charge is 2.09. The molecule has 0 saturated carbocycles. The van der Waals surface area contributed by atoms with Gasteiger partial charge in [0.05, 0.1) is 12.2 Å². The minimum absolute atomic E-state index is 0.0808. The second-order valence-corrected chi connectivity index (χ2v) is 7.33. The van der Waals surface area contributed by atoms with Gasteiger partial charge < -0.3 is 14.8 Å². The Balaban J connectivity index is 1.75. The van der Waals surface area contributed by atoms with Crippen LogP contribution in [-0.4, -0.2) is 25.1 Å². The lowest BCUT2D eigenvalue weighted by atomic mass is 10.0. The Morgan fingerprint density at radius 2 is 1.62 bits per heavy atom. The van der Waals surface area contributed by atoms with E-state index in [4.69, 9.17) is 9.47 Å². The number of esters is 1.